The Morgan fingerprint density at radius 2 is 1.95 bits per heavy atom. The molecule has 0 amide bonds. The lowest BCUT2D eigenvalue weighted by molar-refractivity contribution is -0.148. The molecule has 0 bridgehead atoms. The summed E-state index contributed by atoms with van der Waals surface area (Å²) < 4.78 is 26.3. The molecule has 1 heterocycles. The standard InChI is InChI=1S/C14H14F2N2O2/c15-8-5-10-11(6-9(8)16)18-12(17-10)7-14(13(19)20)3-1-2-4-14/h5-6H,1-4,7H2,(H,17,18)(H,19,20). The topological polar surface area (TPSA) is 66.0 Å². The molecule has 4 nitrogen and oxygen atoms in total. The average Bonchev–Trinajstić information content (AvgIpc) is 2.98. The van der Waals surface area contributed by atoms with Crippen molar-refractivity contribution >= 4 is 17.0 Å². The molecular formula is C14H14F2N2O2. The SMILES string of the molecule is O=C(O)C1(Cc2nc3cc(F)c(F)cc3[nH]2)CCCC1. The Morgan fingerprint density at radius 1 is 1.30 bits per heavy atom. The van der Waals surface area contributed by atoms with E-state index in [0.29, 0.717) is 29.7 Å². The molecule has 2 aromatic rings. The van der Waals surface area contributed by atoms with Crippen LogP contribution >= 0.6 is 0 Å². The van der Waals surface area contributed by atoms with Gasteiger partial charge >= 0.3 is 5.97 Å². The zero-order valence-corrected chi connectivity index (χ0v) is 10.7. The molecule has 0 unspecified atom stereocenters. The lowest BCUT2D eigenvalue weighted by Crippen LogP contribution is -2.30. The van der Waals surface area contributed by atoms with E-state index in [9.17, 15) is 18.7 Å². The molecule has 1 aromatic carbocycles. The van der Waals surface area contributed by atoms with E-state index in [1.54, 1.807) is 0 Å². The number of carbonyl (C=O) groups is 1. The summed E-state index contributed by atoms with van der Waals surface area (Å²) in [5, 5.41) is 9.43. The van der Waals surface area contributed by atoms with Gasteiger partial charge in [0.2, 0.25) is 0 Å². The van der Waals surface area contributed by atoms with Crippen LogP contribution in [0, 0.1) is 17.0 Å². The van der Waals surface area contributed by atoms with E-state index in [4.69, 9.17) is 0 Å². The van der Waals surface area contributed by atoms with Gasteiger partial charge in [0, 0.05) is 18.6 Å². The molecule has 0 saturated heterocycles. The molecule has 1 aliphatic carbocycles. The summed E-state index contributed by atoms with van der Waals surface area (Å²) in [6.07, 6.45) is 3.26. The third-order valence-corrected chi connectivity index (χ3v) is 4.09. The predicted octanol–water partition coefficient (Wildman–Crippen LogP) is 3.03. The first-order chi connectivity index (χ1) is 9.50. The molecule has 1 aliphatic rings. The molecule has 0 atom stereocenters. The number of aromatic amines is 1. The van der Waals surface area contributed by atoms with E-state index in [-0.39, 0.29) is 6.42 Å². The van der Waals surface area contributed by atoms with Crippen LogP contribution in [0.4, 0.5) is 8.78 Å². The fourth-order valence-corrected chi connectivity index (χ4v) is 2.98. The summed E-state index contributed by atoms with van der Waals surface area (Å²) in [4.78, 5) is 18.6. The lowest BCUT2D eigenvalue weighted by atomic mass is 9.82. The van der Waals surface area contributed by atoms with Crippen LogP contribution in [0.5, 0.6) is 0 Å². The van der Waals surface area contributed by atoms with Gasteiger partial charge in [0.1, 0.15) is 5.82 Å². The van der Waals surface area contributed by atoms with E-state index in [0.717, 1.165) is 25.0 Å². The van der Waals surface area contributed by atoms with Crippen molar-refractivity contribution in [2.45, 2.75) is 32.1 Å². The number of benzene rings is 1. The quantitative estimate of drug-likeness (QED) is 0.908. The number of carboxylic acid groups (broad SMARTS) is 1. The summed E-state index contributed by atoms with van der Waals surface area (Å²) in [6, 6.07) is 2.07. The number of halogens is 2. The van der Waals surface area contributed by atoms with Crippen LogP contribution in [0.25, 0.3) is 11.0 Å². The molecule has 106 valence electrons. The molecule has 0 radical (unpaired) electrons. The van der Waals surface area contributed by atoms with Gasteiger partial charge in [0.05, 0.1) is 16.4 Å². The third-order valence-electron chi connectivity index (χ3n) is 4.09. The molecule has 0 aliphatic heterocycles. The second-order valence-electron chi connectivity index (χ2n) is 5.44. The van der Waals surface area contributed by atoms with Crippen LogP contribution in [0.1, 0.15) is 31.5 Å². The summed E-state index contributed by atoms with van der Waals surface area (Å²) in [7, 11) is 0. The fourth-order valence-electron chi connectivity index (χ4n) is 2.98. The number of hydrogen-bond acceptors (Lipinski definition) is 2. The van der Waals surface area contributed by atoms with Gasteiger partial charge in [0.15, 0.2) is 11.6 Å². The van der Waals surface area contributed by atoms with E-state index in [2.05, 4.69) is 9.97 Å². The number of nitrogens with zero attached hydrogens (tertiary/aromatic N) is 1. The highest BCUT2D eigenvalue weighted by Gasteiger charge is 2.42. The number of aromatic nitrogens is 2. The number of nitrogens with one attached hydrogen (secondary N) is 1. The maximum atomic E-state index is 13.1. The Balaban J connectivity index is 1.96. The monoisotopic (exact) mass is 280 g/mol. The van der Waals surface area contributed by atoms with Crippen molar-refractivity contribution in [3.63, 3.8) is 0 Å². The first-order valence-electron chi connectivity index (χ1n) is 6.57. The number of rotatable bonds is 3. The van der Waals surface area contributed by atoms with Crippen molar-refractivity contribution < 1.29 is 18.7 Å². The second-order valence-corrected chi connectivity index (χ2v) is 5.44. The molecule has 1 saturated carbocycles. The van der Waals surface area contributed by atoms with Crippen molar-refractivity contribution in [1.29, 1.82) is 0 Å². The second kappa shape index (κ2) is 4.54. The molecule has 1 aromatic heterocycles. The summed E-state index contributed by atoms with van der Waals surface area (Å²) >= 11 is 0. The highest BCUT2D eigenvalue weighted by Crippen LogP contribution is 2.41. The van der Waals surface area contributed by atoms with E-state index in [1.807, 2.05) is 0 Å². The molecular weight excluding hydrogens is 266 g/mol. The third kappa shape index (κ3) is 2.05. The van der Waals surface area contributed by atoms with E-state index >= 15 is 0 Å². The van der Waals surface area contributed by atoms with Gasteiger partial charge in [-0.05, 0) is 12.8 Å². The Labute approximate surface area is 113 Å². The Kier molecular flexibility index (Phi) is 2.96. The van der Waals surface area contributed by atoms with Crippen molar-refractivity contribution in [1.82, 2.24) is 9.97 Å². The predicted molar refractivity (Wildman–Crippen MR) is 68.3 cm³/mol. The first kappa shape index (κ1) is 13.0. The van der Waals surface area contributed by atoms with Crippen LogP contribution < -0.4 is 0 Å². The normalized spacial score (nSPS) is 17.7. The van der Waals surface area contributed by atoms with Crippen LogP contribution in [-0.2, 0) is 11.2 Å². The van der Waals surface area contributed by atoms with Crippen LogP contribution in [0.15, 0.2) is 12.1 Å². The summed E-state index contributed by atoms with van der Waals surface area (Å²) in [5.74, 6) is -2.26. The van der Waals surface area contributed by atoms with E-state index < -0.39 is 23.0 Å². The average molecular weight is 280 g/mol. The van der Waals surface area contributed by atoms with Gasteiger partial charge in [-0.2, -0.15) is 0 Å². The van der Waals surface area contributed by atoms with Gasteiger partial charge in [-0.25, -0.2) is 13.8 Å². The van der Waals surface area contributed by atoms with Gasteiger partial charge in [0.25, 0.3) is 0 Å². The van der Waals surface area contributed by atoms with Crippen LogP contribution in [-0.4, -0.2) is 21.0 Å². The van der Waals surface area contributed by atoms with Gasteiger partial charge in [-0.15, -0.1) is 0 Å². The highest BCUT2D eigenvalue weighted by molar-refractivity contribution is 5.77. The van der Waals surface area contributed by atoms with Crippen molar-refractivity contribution in [3.05, 3.63) is 29.6 Å². The minimum Gasteiger partial charge on any atom is -0.481 e. The molecule has 20 heavy (non-hydrogen) atoms. The lowest BCUT2D eigenvalue weighted by Gasteiger charge is -2.22. The number of aliphatic carboxylic acids is 1. The molecule has 0 spiro atoms. The van der Waals surface area contributed by atoms with Crippen molar-refractivity contribution in [3.8, 4) is 0 Å². The number of fused-ring (bicyclic) bond motifs is 1. The number of carboxylic acids is 1. The van der Waals surface area contributed by atoms with Crippen LogP contribution in [0.2, 0.25) is 0 Å². The van der Waals surface area contributed by atoms with Gasteiger partial charge in [-0.1, -0.05) is 12.8 Å². The molecule has 1 fully saturated rings. The first-order valence-corrected chi connectivity index (χ1v) is 6.57. The number of H-pyrrole nitrogens is 1. The summed E-state index contributed by atoms with van der Waals surface area (Å²) in [6.45, 7) is 0. The minimum absolute atomic E-state index is 0.264. The number of hydrogen-bond donors (Lipinski definition) is 2. The maximum absolute atomic E-state index is 13.1. The highest BCUT2D eigenvalue weighted by atomic mass is 19.2. The Bertz CT molecular complexity index is 636. The Morgan fingerprint density at radius 3 is 2.60 bits per heavy atom. The van der Waals surface area contributed by atoms with Crippen molar-refractivity contribution in [2.24, 2.45) is 5.41 Å². The minimum atomic E-state index is -0.954. The fraction of sp³-hybridized carbons (Fsp3) is 0.429. The van der Waals surface area contributed by atoms with Gasteiger partial charge < -0.3 is 10.1 Å². The maximum Gasteiger partial charge on any atom is 0.310 e. The molecule has 6 heteroatoms. The zero-order valence-electron chi connectivity index (χ0n) is 10.7. The summed E-state index contributed by atoms with van der Waals surface area (Å²) in [5.41, 5.74) is -0.0970. The van der Waals surface area contributed by atoms with Crippen LogP contribution in [0.3, 0.4) is 0 Å². The van der Waals surface area contributed by atoms with E-state index in [1.165, 1.54) is 0 Å². The zero-order chi connectivity index (χ0) is 14.3. The number of imidazole rings is 1. The van der Waals surface area contributed by atoms with Gasteiger partial charge in [-0.3, -0.25) is 4.79 Å². The largest absolute Gasteiger partial charge is 0.481 e. The Hall–Kier alpha value is -1.98. The smallest absolute Gasteiger partial charge is 0.310 e. The van der Waals surface area contributed by atoms with Crippen molar-refractivity contribution in [2.75, 3.05) is 0 Å². The molecule has 3 rings (SSSR count). The molecule has 2 N–H and O–H groups in total.